The van der Waals surface area contributed by atoms with Gasteiger partial charge >= 0.3 is 0 Å². The van der Waals surface area contributed by atoms with Gasteiger partial charge in [0.2, 0.25) is 29.5 Å². The summed E-state index contributed by atoms with van der Waals surface area (Å²) in [5.74, 6) is 0.992. The van der Waals surface area contributed by atoms with Crippen molar-refractivity contribution in [2.75, 3.05) is 0 Å². The van der Waals surface area contributed by atoms with Crippen molar-refractivity contribution in [2.45, 2.75) is 39.7 Å². The topological polar surface area (TPSA) is 185 Å². The van der Waals surface area contributed by atoms with E-state index in [9.17, 15) is 4.79 Å². The van der Waals surface area contributed by atoms with E-state index in [4.69, 9.17) is 26.5 Å². The molecule has 7 heterocycles. The van der Waals surface area contributed by atoms with Crippen LogP contribution in [0, 0.1) is 6.92 Å². The van der Waals surface area contributed by atoms with Crippen LogP contribution in [0.1, 0.15) is 59.0 Å². The van der Waals surface area contributed by atoms with Gasteiger partial charge in [0.05, 0.1) is 6.04 Å². The van der Waals surface area contributed by atoms with E-state index in [-0.39, 0.29) is 35.0 Å². The van der Waals surface area contributed by atoms with Crippen molar-refractivity contribution in [3.63, 3.8) is 0 Å². The van der Waals surface area contributed by atoms with E-state index in [1.807, 2.05) is 45.0 Å². The number of amides is 1. The molecule has 12 bridgehead atoms. The third-order valence-electron chi connectivity index (χ3n) is 6.99. The quantitative estimate of drug-likeness (QED) is 0.207. The number of oxazole rings is 6. The van der Waals surface area contributed by atoms with Crippen molar-refractivity contribution in [1.29, 1.82) is 0 Å². The average molecular weight is 634 g/mol. The summed E-state index contributed by atoms with van der Waals surface area (Å²) in [4.78, 5) is 40.1. The lowest BCUT2D eigenvalue weighted by Gasteiger charge is -2.16. The minimum absolute atomic E-state index is 0.0450. The minimum Gasteiger partial charge on any atom is -0.448 e. The molecule has 1 aliphatic rings. The predicted molar refractivity (Wildman–Crippen MR) is 164 cm³/mol. The fourth-order valence-electron chi connectivity index (χ4n) is 4.69. The molecule has 47 heavy (non-hydrogen) atoms. The highest BCUT2D eigenvalue weighted by atomic mass is 16.4. The van der Waals surface area contributed by atoms with E-state index < -0.39 is 11.9 Å². The van der Waals surface area contributed by atoms with Crippen molar-refractivity contribution < 1.29 is 31.3 Å². The van der Waals surface area contributed by atoms with Gasteiger partial charge in [0, 0.05) is 6.42 Å². The number of nitrogens with zero attached hydrogens (tertiary/aromatic N) is 6. The van der Waals surface area contributed by atoms with Gasteiger partial charge in [-0.05, 0) is 25.0 Å². The number of benzene rings is 1. The van der Waals surface area contributed by atoms with Crippen molar-refractivity contribution in [3.05, 3.63) is 102 Å². The zero-order valence-corrected chi connectivity index (χ0v) is 25.5. The monoisotopic (exact) mass is 633 g/mol. The third-order valence-corrected chi connectivity index (χ3v) is 6.99. The van der Waals surface area contributed by atoms with Crippen molar-refractivity contribution in [2.24, 2.45) is 0 Å². The second-order valence-electron chi connectivity index (χ2n) is 10.2. The number of hydrogen-bond acceptors (Lipinski definition) is 13. The van der Waals surface area contributed by atoms with Crippen LogP contribution in [0.15, 0.2) is 94.4 Å². The van der Waals surface area contributed by atoms with Crippen molar-refractivity contribution >= 4 is 12.0 Å². The van der Waals surface area contributed by atoms with Crippen LogP contribution in [0.3, 0.4) is 0 Å². The van der Waals surface area contributed by atoms with Gasteiger partial charge in [-0.2, -0.15) is 0 Å². The lowest BCUT2D eigenvalue weighted by Crippen LogP contribution is -2.30. The van der Waals surface area contributed by atoms with E-state index in [0.29, 0.717) is 47.4 Å². The van der Waals surface area contributed by atoms with E-state index in [1.54, 1.807) is 12.2 Å². The van der Waals surface area contributed by atoms with Crippen LogP contribution in [0.5, 0.6) is 0 Å². The highest BCUT2D eigenvalue weighted by molar-refractivity contribution is 5.92. The molecule has 6 aromatic heterocycles. The Labute approximate surface area is 266 Å². The molecule has 0 saturated heterocycles. The zero-order valence-electron chi connectivity index (χ0n) is 25.5. The number of carbonyl (C=O) groups is 1. The molecule has 1 aliphatic heterocycles. The number of aryl methyl sites for hydroxylation is 1. The molecule has 0 radical (unpaired) electrons. The zero-order chi connectivity index (χ0) is 32.3. The number of nitrogens with one attached hydrogen (secondary N) is 1. The normalized spacial score (nSPS) is 14.9. The first kappa shape index (κ1) is 29.4. The number of hydrogen-bond donors (Lipinski definition) is 1. The molecule has 236 valence electrons. The second-order valence-corrected chi connectivity index (χ2v) is 10.2. The van der Waals surface area contributed by atoms with Crippen LogP contribution in [-0.4, -0.2) is 35.8 Å². The first-order valence-electron chi connectivity index (χ1n) is 14.8. The van der Waals surface area contributed by atoms with Crippen molar-refractivity contribution in [1.82, 2.24) is 35.2 Å². The van der Waals surface area contributed by atoms with E-state index in [1.165, 1.54) is 37.6 Å². The van der Waals surface area contributed by atoms with Gasteiger partial charge in [0.15, 0.2) is 34.4 Å². The van der Waals surface area contributed by atoms with Crippen LogP contribution in [-0.2, 0) is 12.8 Å². The smallest absolute Gasteiger partial charge is 0.273 e. The van der Waals surface area contributed by atoms with E-state index in [0.717, 1.165) is 11.1 Å². The Morgan fingerprint density at radius 2 is 1.21 bits per heavy atom. The molecule has 1 atom stereocenters. The molecule has 1 amide bonds. The summed E-state index contributed by atoms with van der Waals surface area (Å²) in [5, 5.41) is 3.00. The largest absolute Gasteiger partial charge is 0.448 e. The molecule has 1 aromatic carbocycles. The van der Waals surface area contributed by atoms with Gasteiger partial charge in [0.1, 0.15) is 43.3 Å². The van der Waals surface area contributed by atoms with Crippen LogP contribution in [0.2, 0.25) is 0 Å². The van der Waals surface area contributed by atoms with Crippen LogP contribution >= 0.6 is 0 Å². The Hall–Kier alpha value is -6.31. The molecular weight excluding hydrogens is 606 g/mol. The van der Waals surface area contributed by atoms with E-state index in [2.05, 4.69) is 35.2 Å². The Morgan fingerprint density at radius 3 is 1.94 bits per heavy atom. The van der Waals surface area contributed by atoms with Crippen LogP contribution < -0.4 is 5.32 Å². The maximum Gasteiger partial charge on any atom is 0.273 e. The number of allylic oxidation sites excluding steroid dienone is 1. The first-order valence-corrected chi connectivity index (χ1v) is 14.8. The summed E-state index contributed by atoms with van der Waals surface area (Å²) in [7, 11) is 0. The SMILES string of the molecule is CC.Cc1ccc(CC2NC(=O)c3coc(n3)-c3coc(n3)-c3coc(n3)/C=C/Cc3nc(co3)-c3nc(co3)-c3nc2co3)cc1. The molecule has 14 nitrogen and oxygen atoms in total. The number of rotatable bonds is 2. The highest BCUT2D eigenvalue weighted by Gasteiger charge is 2.25. The van der Waals surface area contributed by atoms with Gasteiger partial charge in [-0.3, -0.25) is 4.79 Å². The predicted octanol–water partition coefficient (Wildman–Crippen LogP) is 6.90. The second kappa shape index (κ2) is 12.6. The summed E-state index contributed by atoms with van der Waals surface area (Å²) >= 11 is 0. The maximum atomic E-state index is 13.4. The number of aromatic nitrogens is 6. The molecule has 0 aliphatic carbocycles. The summed E-state index contributed by atoms with van der Waals surface area (Å²) in [6, 6.07) is 7.41. The Morgan fingerprint density at radius 1 is 0.660 bits per heavy atom. The minimum atomic E-state index is -0.582. The van der Waals surface area contributed by atoms with Crippen LogP contribution in [0.4, 0.5) is 0 Å². The fourth-order valence-corrected chi connectivity index (χ4v) is 4.69. The standard InChI is InChI=1S/C31H21N7O7.C2H6/c1-16-5-7-17(8-6-16)9-18-19-10-42-30(35-19)23-14-44-28(37-23)21-12-40-25(32-21)3-2-4-26-33-22(13-41-26)29-38-24(15-45-29)31-36-20(11-43-31)27(39)34-18;1-2/h2,4-8,10-15,18H,3,9H2,1H3,(H,34,39);1-2H3/b4-2+;. The molecule has 0 spiro atoms. The fraction of sp³-hybridized carbons (Fsp3) is 0.182. The number of fused-ring (bicyclic) bond motifs is 16. The van der Waals surface area contributed by atoms with Gasteiger partial charge in [0.25, 0.3) is 5.91 Å². The van der Waals surface area contributed by atoms with Crippen molar-refractivity contribution in [3.8, 4) is 46.3 Å². The lowest BCUT2D eigenvalue weighted by molar-refractivity contribution is 0.0930. The summed E-state index contributed by atoms with van der Waals surface area (Å²) in [6.07, 6.45) is 12.6. The van der Waals surface area contributed by atoms with Gasteiger partial charge < -0.3 is 31.8 Å². The molecule has 0 fully saturated rings. The summed E-state index contributed by atoms with van der Waals surface area (Å²) in [6.45, 7) is 6.01. The number of carbonyl (C=O) groups excluding carboxylic acids is 1. The molecule has 8 rings (SSSR count). The lowest BCUT2D eigenvalue weighted by atomic mass is 10.0. The molecular formula is C33H27N7O7. The van der Waals surface area contributed by atoms with Crippen LogP contribution in [0.25, 0.3) is 52.4 Å². The molecule has 1 N–H and O–H groups in total. The average Bonchev–Trinajstić information content (AvgIpc) is 3.93. The highest BCUT2D eigenvalue weighted by Crippen LogP contribution is 2.28. The molecule has 14 heteroatoms. The Bertz CT molecular complexity index is 2160. The maximum absolute atomic E-state index is 13.4. The van der Waals surface area contributed by atoms with Gasteiger partial charge in [-0.1, -0.05) is 49.8 Å². The molecule has 7 aromatic rings. The van der Waals surface area contributed by atoms with E-state index >= 15 is 0 Å². The summed E-state index contributed by atoms with van der Waals surface area (Å²) < 4.78 is 33.7. The van der Waals surface area contributed by atoms with Gasteiger partial charge in [-0.15, -0.1) is 0 Å². The third kappa shape index (κ3) is 6.16. The Balaban J connectivity index is 0.00000172. The molecule has 0 saturated carbocycles. The Kier molecular flexibility index (Phi) is 7.88. The first-order chi connectivity index (χ1) is 23.0. The van der Waals surface area contributed by atoms with Gasteiger partial charge in [-0.25, -0.2) is 29.9 Å². The summed E-state index contributed by atoms with van der Waals surface area (Å²) in [5.41, 5.74) is 4.02. The molecule has 1 unspecified atom stereocenters.